The number of imide groups is 1. The highest BCUT2D eigenvalue weighted by Crippen LogP contribution is 2.41. The molecule has 0 aromatic heterocycles. The Bertz CT molecular complexity index is 1340. The molecule has 0 saturated carbocycles. The number of amides is 2. The van der Waals surface area contributed by atoms with E-state index in [0.29, 0.717) is 12.2 Å². The Morgan fingerprint density at radius 1 is 0.837 bits per heavy atom. The minimum atomic E-state index is -1.23. The topological polar surface area (TPSA) is 144 Å². The number of fused-ring (bicyclic) bond motifs is 1. The normalized spacial score (nSPS) is 23.1. The molecule has 0 unspecified atom stereocenters. The van der Waals surface area contributed by atoms with Crippen molar-refractivity contribution in [3.05, 3.63) is 70.8 Å². The van der Waals surface area contributed by atoms with E-state index in [9.17, 15) is 24.0 Å². The smallest absolute Gasteiger partial charge is 0.303 e. The van der Waals surface area contributed by atoms with Gasteiger partial charge in [-0.3, -0.25) is 28.9 Å². The summed E-state index contributed by atoms with van der Waals surface area (Å²) in [5.41, 5.74) is 1.38. The van der Waals surface area contributed by atoms with Crippen LogP contribution >= 0.6 is 0 Å². The highest BCUT2D eigenvalue weighted by molar-refractivity contribution is 6.22. The fourth-order valence-electron chi connectivity index (χ4n) is 5.21. The van der Waals surface area contributed by atoms with Gasteiger partial charge in [-0.15, -0.1) is 0 Å². The summed E-state index contributed by atoms with van der Waals surface area (Å²) in [4.78, 5) is 64.3. The number of hydrogen-bond donors (Lipinski definition) is 0. The maximum atomic E-state index is 13.6. The van der Waals surface area contributed by atoms with Crippen molar-refractivity contribution in [2.24, 2.45) is 0 Å². The van der Waals surface area contributed by atoms with Crippen molar-refractivity contribution in [2.75, 3.05) is 26.4 Å². The van der Waals surface area contributed by atoms with Crippen LogP contribution in [0.2, 0.25) is 0 Å². The predicted octanol–water partition coefficient (Wildman–Crippen LogP) is 2.77. The summed E-state index contributed by atoms with van der Waals surface area (Å²) in [5, 5.41) is 0. The van der Waals surface area contributed by atoms with Gasteiger partial charge in [-0.05, 0) is 24.1 Å². The number of carbonyl (C=O) groups excluding carboxylic acids is 5. The standard InChI is InChI=1S/C31H35NO11/c1-5-38-15-14-32-30(36)23-13-9-12-22(25(23)31(32)37)26-28(40-16-21-10-7-6-8-11-21)29(42-20(4)35)27(41-19(3)34)24(43-26)17-39-18(2)33/h6-13,24,26-29H,5,14-17H2,1-4H3/t24-,26-,27-,28-,29+/m1/s1. The number of carbonyl (C=O) groups is 5. The lowest BCUT2D eigenvalue weighted by Gasteiger charge is -2.45. The molecule has 0 N–H and O–H groups in total. The first-order valence-corrected chi connectivity index (χ1v) is 14.0. The fourth-order valence-corrected chi connectivity index (χ4v) is 5.21. The fraction of sp³-hybridized carbons (Fsp3) is 0.452. The van der Waals surface area contributed by atoms with E-state index in [2.05, 4.69) is 0 Å². The van der Waals surface area contributed by atoms with Crippen LogP contribution in [-0.4, -0.2) is 85.4 Å². The maximum Gasteiger partial charge on any atom is 0.303 e. The monoisotopic (exact) mass is 597 g/mol. The van der Waals surface area contributed by atoms with Crippen LogP contribution in [0.5, 0.6) is 0 Å². The van der Waals surface area contributed by atoms with Crippen LogP contribution in [0.1, 0.15) is 65.6 Å². The van der Waals surface area contributed by atoms with Crippen LogP contribution in [-0.2, 0) is 49.4 Å². The first kappa shape index (κ1) is 31.8. The second-order valence-electron chi connectivity index (χ2n) is 10.0. The Morgan fingerprint density at radius 3 is 2.19 bits per heavy atom. The molecule has 2 aromatic rings. The highest BCUT2D eigenvalue weighted by atomic mass is 16.6. The molecule has 1 fully saturated rings. The summed E-state index contributed by atoms with van der Waals surface area (Å²) in [7, 11) is 0. The van der Waals surface area contributed by atoms with Gasteiger partial charge in [0.2, 0.25) is 0 Å². The van der Waals surface area contributed by atoms with Gasteiger partial charge >= 0.3 is 17.9 Å². The Kier molecular flexibility index (Phi) is 10.6. The number of benzene rings is 2. The van der Waals surface area contributed by atoms with Gasteiger partial charge in [-0.25, -0.2) is 0 Å². The molecular weight excluding hydrogens is 562 g/mol. The minimum Gasteiger partial charge on any atom is -0.463 e. The van der Waals surface area contributed by atoms with E-state index < -0.39 is 60.2 Å². The van der Waals surface area contributed by atoms with Gasteiger partial charge in [0.05, 0.1) is 30.9 Å². The average molecular weight is 598 g/mol. The van der Waals surface area contributed by atoms with Gasteiger partial charge in [-0.1, -0.05) is 42.5 Å². The summed E-state index contributed by atoms with van der Waals surface area (Å²) < 4.78 is 34.6. The SMILES string of the molecule is CCOCCN1C(=O)c2cccc([C@H]3O[C@H](COC(C)=O)[C@@H](OC(C)=O)[C@H](OC(C)=O)[C@@H]3OCc3ccccc3)c2C1=O. The molecule has 12 heteroatoms. The largest absolute Gasteiger partial charge is 0.463 e. The van der Waals surface area contributed by atoms with Crippen LogP contribution < -0.4 is 0 Å². The zero-order chi connectivity index (χ0) is 31.1. The van der Waals surface area contributed by atoms with E-state index in [-0.39, 0.29) is 37.5 Å². The predicted molar refractivity (Wildman–Crippen MR) is 149 cm³/mol. The first-order valence-electron chi connectivity index (χ1n) is 14.0. The Morgan fingerprint density at radius 2 is 1.53 bits per heavy atom. The summed E-state index contributed by atoms with van der Waals surface area (Å²) in [6, 6.07) is 14.0. The molecule has 2 amide bonds. The van der Waals surface area contributed by atoms with Crippen molar-refractivity contribution in [1.29, 1.82) is 0 Å². The average Bonchev–Trinajstić information content (AvgIpc) is 3.21. The third kappa shape index (κ3) is 7.45. The molecule has 2 aromatic carbocycles. The first-order chi connectivity index (χ1) is 20.6. The molecule has 1 saturated heterocycles. The van der Waals surface area contributed by atoms with E-state index in [0.717, 1.165) is 10.5 Å². The molecule has 12 nitrogen and oxygen atoms in total. The summed E-state index contributed by atoms with van der Waals surface area (Å²) in [5.74, 6) is -3.01. The highest BCUT2D eigenvalue weighted by Gasteiger charge is 2.53. The molecule has 230 valence electrons. The molecule has 5 atom stereocenters. The molecule has 2 aliphatic heterocycles. The van der Waals surface area contributed by atoms with Gasteiger partial charge in [0.1, 0.15) is 24.9 Å². The third-order valence-electron chi connectivity index (χ3n) is 6.98. The van der Waals surface area contributed by atoms with E-state index in [1.807, 2.05) is 37.3 Å². The number of nitrogens with zero attached hydrogens (tertiary/aromatic N) is 1. The molecule has 0 aliphatic carbocycles. The number of hydrogen-bond acceptors (Lipinski definition) is 11. The zero-order valence-electron chi connectivity index (χ0n) is 24.5. The van der Waals surface area contributed by atoms with Gasteiger partial charge in [0, 0.05) is 27.4 Å². The van der Waals surface area contributed by atoms with Gasteiger partial charge in [0.15, 0.2) is 12.2 Å². The molecule has 43 heavy (non-hydrogen) atoms. The van der Waals surface area contributed by atoms with E-state index in [1.54, 1.807) is 18.2 Å². The van der Waals surface area contributed by atoms with Crippen LogP contribution in [0.15, 0.2) is 48.5 Å². The van der Waals surface area contributed by atoms with E-state index >= 15 is 0 Å². The quantitative estimate of drug-likeness (QED) is 0.154. The minimum absolute atomic E-state index is 0.0485. The third-order valence-corrected chi connectivity index (χ3v) is 6.98. The summed E-state index contributed by atoms with van der Waals surface area (Å²) >= 11 is 0. The van der Waals surface area contributed by atoms with Crippen molar-refractivity contribution in [1.82, 2.24) is 4.90 Å². The van der Waals surface area contributed by atoms with Crippen molar-refractivity contribution >= 4 is 29.7 Å². The van der Waals surface area contributed by atoms with Crippen molar-refractivity contribution in [2.45, 2.75) is 64.8 Å². The Hall–Kier alpha value is -4.13. The second-order valence-corrected chi connectivity index (χ2v) is 10.0. The number of rotatable bonds is 12. The lowest BCUT2D eigenvalue weighted by Crippen LogP contribution is -2.59. The number of ether oxygens (including phenoxy) is 6. The van der Waals surface area contributed by atoms with Crippen LogP contribution in [0.25, 0.3) is 0 Å². The molecule has 2 aliphatic rings. The van der Waals surface area contributed by atoms with E-state index in [4.69, 9.17) is 28.4 Å². The molecule has 2 heterocycles. The molecule has 4 rings (SSSR count). The van der Waals surface area contributed by atoms with Gasteiger partial charge in [-0.2, -0.15) is 0 Å². The molecule has 0 bridgehead atoms. The van der Waals surface area contributed by atoms with Crippen molar-refractivity contribution in [3.8, 4) is 0 Å². The van der Waals surface area contributed by atoms with Crippen LogP contribution in [0.4, 0.5) is 0 Å². The Labute approximate surface area is 249 Å². The second kappa shape index (κ2) is 14.4. The maximum absolute atomic E-state index is 13.6. The lowest BCUT2D eigenvalue weighted by molar-refractivity contribution is -0.260. The van der Waals surface area contributed by atoms with Crippen molar-refractivity contribution in [3.63, 3.8) is 0 Å². The van der Waals surface area contributed by atoms with E-state index in [1.165, 1.54) is 20.8 Å². The lowest BCUT2D eigenvalue weighted by atomic mass is 9.87. The summed E-state index contributed by atoms with van der Waals surface area (Å²) in [6.07, 6.45) is -5.81. The van der Waals surface area contributed by atoms with Crippen LogP contribution in [0, 0.1) is 0 Å². The van der Waals surface area contributed by atoms with Crippen LogP contribution in [0.3, 0.4) is 0 Å². The number of esters is 3. The van der Waals surface area contributed by atoms with Crippen molar-refractivity contribution < 1.29 is 52.4 Å². The molecule has 0 radical (unpaired) electrons. The zero-order valence-corrected chi connectivity index (χ0v) is 24.5. The summed E-state index contributed by atoms with van der Waals surface area (Å²) in [6.45, 7) is 5.75. The molecule has 0 spiro atoms. The van der Waals surface area contributed by atoms with Gasteiger partial charge < -0.3 is 28.4 Å². The molecular formula is C31H35NO11. The van der Waals surface area contributed by atoms with Gasteiger partial charge in [0.25, 0.3) is 11.8 Å². The Balaban J connectivity index is 1.80.